The molecule has 0 bridgehead atoms. The van der Waals surface area contributed by atoms with E-state index in [0.29, 0.717) is 19.6 Å². The van der Waals surface area contributed by atoms with Crippen molar-refractivity contribution in [2.45, 2.75) is 31.8 Å². The summed E-state index contributed by atoms with van der Waals surface area (Å²) in [6.07, 6.45) is 4.48. The first-order chi connectivity index (χ1) is 12.2. The van der Waals surface area contributed by atoms with Gasteiger partial charge in [-0.3, -0.25) is 9.59 Å². The van der Waals surface area contributed by atoms with E-state index in [-0.39, 0.29) is 30.8 Å². The van der Waals surface area contributed by atoms with Gasteiger partial charge in [0.15, 0.2) is 0 Å². The second-order valence-corrected chi connectivity index (χ2v) is 6.49. The van der Waals surface area contributed by atoms with Gasteiger partial charge in [0.1, 0.15) is 5.82 Å². The summed E-state index contributed by atoms with van der Waals surface area (Å²) in [7, 11) is 0. The third-order valence-corrected chi connectivity index (χ3v) is 4.72. The quantitative estimate of drug-likeness (QED) is 0.825. The molecule has 2 fully saturated rings. The van der Waals surface area contributed by atoms with E-state index < -0.39 is 0 Å². The lowest BCUT2D eigenvalue weighted by molar-refractivity contribution is -0.134. The predicted octanol–water partition coefficient (Wildman–Crippen LogP) is 0.806. The zero-order valence-corrected chi connectivity index (χ0v) is 14.5. The fourth-order valence-corrected chi connectivity index (χ4v) is 3.23. The van der Waals surface area contributed by atoms with Gasteiger partial charge < -0.3 is 19.9 Å². The van der Waals surface area contributed by atoms with Crippen molar-refractivity contribution in [1.82, 2.24) is 15.2 Å². The molecule has 1 aromatic rings. The van der Waals surface area contributed by atoms with Gasteiger partial charge in [-0.25, -0.2) is 4.98 Å². The van der Waals surface area contributed by atoms with Gasteiger partial charge in [0, 0.05) is 58.4 Å². The first-order valence-electron chi connectivity index (χ1n) is 9.04. The first kappa shape index (κ1) is 17.7. The number of ether oxygens (including phenoxy) is 1. The minimum absolute atomic E-state index is 0.0490. The van der Waals surface area contributed by atoms with E-state index in [0.717, 1.165) is 38.4 Å². The standard InChI is InChI=1S/C18H26N4O3/c23-17(20-14-15-4-3-13-25-15)6-7-18(24)22-11-9-21(10-12-22)16-5-1-2-8-19-16/h1-2,5,8,15H,3-4,6-7,9-14H2,(H,20,23)/t15-/m1/s1. The van der Waals surface area contributed by atoms with Gasteiger partial charge in [-0.05, 0) is 25.0 Å². The maximum Gasteiger partial charge on any atom is 0.223 e. The SMILES string of the molecule is O=C(CCC(=O)N1CCN(c2ccccn2)CC1)NC[C@H]1CCCO1. The van der Waals surface area contributed by atoms with Crippen LogP contribution in [0.5, 0.6) is 0 Å². The summed E-state index contributed by atoms with van der Waals surface area (Å²) in [5.74, 6) is 0.923. The number of carbonyl (C=O) groups excluding carboxylic acids is 2. The van der Waals surface area contributed by atoms with Gasteiger partial charge in [0.25, 0.3) is 0 Å². The van der Waals surface area contributed by atoms with Crippen molar-refractivity contribution in [3.8, 4) is 0 Å². The van der Waals surface area contributed by atoms with Crippen LogP contribution in [0.3, 0.4) is 0 Å². The van der Waals surface area contributed by atoms with Gasteiger partial charge >= 0.3 is 0 Å². The Labute approximate surface area is 148 Å². The lowest BCUT2D eigenvalue weighted by Gasteiger charge is -2.35. The van der Waals surface area contributed by atoms with Gasteiger partial charge in [-0.2, -0.15) is 0 Å². The van der Waals surface area contributed by atoms with Crippen LogP contribution in [0.2, 0.25) is 0 Å². The Morgan fingerprint density at radius 2 is 2.04 bits per heavy atom. The third-order valence-electron chi connectivity index (χ3n) is 4.72. The first-order valence-corrected chi connectivity index (χ1v) is 9.04. The molecule has 0 aromatic carbocycles. The lowest BCUT2D eigenvalue weighted by Crippen LogP contribution is -2.49. The van der Waals surface area contributed by atoms with Crippen LogP contribution in [0.15, 0.2) is 24.4 Å². The summed E-state index contributed by atoms with van der Waals surface area (Å²) in [5.41, 5.74) is 0. The molecule has 136 valence electrons. The molecule has 2 aliphatic heterocycles. The number of nitrogens with one attached hydrogen (secondary N) is 1. The molecular weight excluding hydrogens is 320 g/mol. The molecule has 0 saturated carbocycles. The Balaban J connectivity index is 1.34. The van der Waals surface area contributed by atoms with E-state index in [2.05, 4.69) is 15.2 Å². The molecule has 1 aromatic heterocycles. The average Bonchev–Trinajstić information content (AvgIpc) is 3.19. The van der Waals surface area contributed by atoms with E-state index in [1.54, 1.807) is 6.20 Å². The van der Waals surface area contributed by atoms with Crippen molar-refractivity contribution in [1.29, 1.82) is 0 Å². The van der Waals surface area contributed by atoms with Crippen molar-refractivity contribution in [2.75, 3.05) is 44.2 Å². The Bertz CT molecular complexity index is 567. The molecule has 3 heterocycles. The van der Waals surface area contributed by atoms with Gasteiger partial charge in [-0.1, -0.05) is 6.07 Å². The number of carbonyl (C=O) groups is 2. The lowest BCUT2D eigenvalue weighted by atomic mass is 10.2. The topological polar surface area (TPSA) is 74.8 Å². The number of anilines is 1. The number of aromatic nitrogens is 1. The Hall–Kier alpha value is -2.15. The molecule has 0 aliphatic carbocycles. The van der Waals surface area contributed by atoms with Crippen LogP contribution in [0.25, 0.3) is 0 Å². The summed E-state index contributed by atoms with van der Waals surface area (Å²) >= 11 is 0. The highest BCUT2D eigenvalue weighted by atomic mass is 16.5. The van der Waals surface area contributed by atoms with Crippen LogP contribution in [0.1, 0.15) is 25.7 Å². The van der Waals surface area contributed by atoms with Gasteiger partial charge in [-0.15, -0.1) is 0 Å². The maximum absolute atomic E-state index is 12.3. The zero-order valence-electron chi connectivity index (χ0n) is 14.5. The van der Waals surface area contributed by atoms with Gasteiger partial charge in [0.2, 0.25) is 11.8 Å². The highest BCUT2D eigenvalue weighted by Crippen LogP contribution is 2.13. The number of piperazine rings is 1. The fraction of sp³-hybridized carbons (Fsp3) is 0.611. The number of amides is 2. The Kier molecular flexibility index (Phi) is 6.22. The summed E-state index contributed by atoms with van der Waals surface area (Å²) in [6, 6.07) is 5.85. The molecule has 0 radical (unpaired) electrons. The average molecular weight is 346 g/mol. The maximum atomic E-state index is 12.3. The number of nitrogens with zero attached hydrogens (tertiary/aromatic N) is 3. The normalized spacial score (nSPS) is 20.6. The number of rotatable bonds is 6. The van der Waals surface area contributed by atoms with Crippen LogP contribution in [-0.2, 0) is 14.3 Å². The molecule has 1 N–H and O–H groups in total. The molecular formula is C18H26N4O3. The second-order valence-electron chi connectivity index (χ2n) is 6.49. The largest absolute Gasteiger partial charge is 0.376 e. The van der Waals surface area contributed by atoms with Crippen LogP contribution in [-0.4, -0.2) is 67.1 Å². The fourth-order valence-electron chi connectivity index (χ4n) is 3.23. The zero-order chi connectivity index (χ0) is 17.5. The number of hydrogen-bond acceptors (Lipinski definition) is 5. The molecule has 7 nitrogen and oxygen atoms in total. The molecule has 3 rings (SSSR count). The molecule has 2 saturated heterocycles. The molecule has 25 heavy (non-hydrogen) atoms. The molecule has 2 amide bonds. The number of hydrogen-bond donors (Lipinski definition) is 1. The van der Waals surface area contributed by atoms with Crippen LogP contribution in [0, 0.1) is 0 Å². The molecule has 0 spiro atoms. The molecule has 1 atom stereocenters. The smallest absolute Gasteiger partial charge is 0.223 e. The van der Waals surface area contributed by atoms with Crippen LogP contribution in [0.4, 0.5) is 5.82 Å². The summed E-state index contributed by atoms with van der Waals surface area (Å²) in [6.45, 7) is 4.22. The van der Waals surface area contributed by atoms with Crippen molar-refractivity contribution in [2.24, 2.45) is 0 Å². The Morgan fingerprint density at radius 3 is 2.72 bits per heavy atom. The van der Waals surface area contributed by atoms with E-state index in [1.165, 1.54) is 0 Å². The molecule has 0 unspecified atom stereocenters. The summed E-state index contributed by atoms with van der Waals surface area (Å²) in [4.78, 5) is 32.5. The minimum Gasteiger partial charge on any atom is -0.376 e. The van der Waals surface area contributed by atoms with Crippen LogP contribution < -0.4 is 10.2 Å². The molecule has 7 heteroatoms. The predicted molar refractivity (Wildman–Crippen MR) is 94.2 cm³/mol. The number of pyridine rings is 1. The minimum atomic E-state index is -0.0732. The van der Waals surface area contributed by atoms with Gasteiger partial charge in [0.05, 0.1) is 6.10 Å². The van der Waals surface area contributed by atoms with Crippen molar-refractivity contribution < 1.29 is 14.3 Å². The van der Waals surface area contributed by atoms with E-state index in [9.17, 15) is 9.59 Å². The van der Waals surface area contributed by atoms with E-state index >= 15 is 0 Å². The summed E-state index contributed by atoms with van der Waals surface area (Å²) < 4.78 is 5.47. The van der Waals surface area contributed by atoms with E-state index in [4.69, 9.17) is 4.74 Å². The second kappa shape index (κ2) is 8.80. The van der Waals surface area contributed by atoms with Crippen molar-refractivity contribution in [3.63, 3.8) is 0 Å². The van der Waals surface area contributed by atoms with E-state index in [1.807, 2.05) is 23.1 Å². The van der Waals surface area contributed by atoms with Crippen LogP contribution >= 0.6 is 0 Å². The summed E-state index contributed by atoms with van der Waals surface area (Å²) in [5, 5.41) is 2.86. The third kappa shape index (κ3) is 5.16. The Morgan fingerprint density at radius 1 is 1.20 bits per heavy atom. The highest BCUT2D eigenvalue weighted by molar-refractivity contribution is 5.83. The van der Waals surface area contributed by atoms with Crippen molar-refractivity contribution >= 4 is 17.6 Å². The highest BCUT2D eigenvalue weighted by Gasteiger charge is 2.22. The molecule has 2 aliphatic rings. The monoisotopic (exact) mass is 346 g/mol. The van der Waals surface area contributed by atoms with Crippen molar-refractivity contribution in [3.05, 3.63) is 24.4 Å².